The number of nitrogens with one attached hydrogen (secondary N) is 2. The lowest BCUT2D eigenvalue weighted by Crippen LogP contribution is -2.29. The number of aromatic nitrogens is 1. The minimum Gasteiger partial charge on any atom is -0.348 e. The van der Waals surface area contributed by atoms with Gasteiger partial charge in [0, 0.05) is 24.7 Å². The topological polar surface area (TPSA) is 54.0 Å². The summed E-state index contributed by atoms with van der Waals surface area (Å²) in [7, 11) is 0. The van der Waals surface area contributed by atoms with E-state index in [0.29, 0.717) is 12.1 Å². The number of hydrogen-bond acceptors (Lipinski definition) is 3. The molecule has 0 radical (unpaired) electrons. The zero-order valence-electron chi connectivity index (χ0n) is 12.0. The average molecular weight is 340 g/mol. The van der Waals surface area contributed by atoms with E-state index in [9.17, 15) is 4.79 Å². The number of halogens is 2. The number of rotatable bonds is 3. The van der Waals surface area contributed by atoms with Gasteiger partial charge in [-0.25, -0.2) is 0 Å². The molecule has 2 N–H and O–H groups in total. The van der Waals surface area contributed by atoms with Crippen molar-refractivity contribution in [1.29, 1.82) is 0 Å². The van der Waals surface area contributed by atoms with Crippen LogP contribution in [-0.4, -0.2) is 30.5 Å². The van der Waals surface area contributed by atoms with Crippen LogP contribution >= 0.6 is 24.8 Å². The molecule has 2 heterocycles. The van der Waals surface area contributed by atoms with Gasteiger partial charge in [0.05, 0.1) is 11.1 Å². The van der Waals surface area contributed by atoms with E-state index in [1.54, 1.807) is 6.20 Å². The van der Waals surface area contributed by atoms with Gasteiger partial charge in [0.15, 0.2) is 0 Å². The van der Waals surface area contributed by atoms with Gasteiger partial charge in [-0.2, -0.15) is 0 Å². The summed E-state index contributed by atoms with van der Waals surface area (Å²) in [5, 5.41) is 7.23. The molecule has 22 heavy (non-hydrogen) atoms. The first-order chi connectivity index (χ1) is 9.84. The molecule has 0 aliphatic carbocycles. The largest absolute Gasteiger partial charge is 0.348 e. The first-order valence-electron chi connectivity index (χ1n) is 6.85. The standard InChI is InChI=1S/C16H17N3O.2ClH/c20-16(19-11-12-6-9-17-10-7-12)14-5-1-3-13-4-2-8-18-15(13)14;;/h1-6,8,17H,7,9-11H2,(H,19,20);2*1H. The fourth-order valence-electron chi connectivity index (χ4n) is 2.41. The predicted molar refractivity (Wildman–Crippen MR) is 94.1 cm³/mol. The van der Waals surface area contributed by atoms with Crippen LogP contribution in [0.3, 0.4) is 0 Å². The second-order valence-electron chi connectivity index (χ2n) is 4.88. The summed E-state index contributed by atoms with van der Waals surface area (Å²) in [5.41, 5.74) is 2.68. The number of carbonyl (C=O) groups excluding carboxylic acids is 1. The summed E-state index contributed by atoms with van der Waals surface area (Å²) in [6, 6.07) is 9.52. The van der Waals surface area contributed by atoms with Crippen molar-refractivity contribution in [3.05, 3.63) is 53.7 Å². The maximum absolute atomic E-state index is 12.3. The minimum atomic E-state index is -0.0614. The Bertz CT molecular complexity index is 668. The van der Waals surface area contributed by atoms with Crippen LogP contribution in [0.25, 0.3) is 10.9 Å². The Morgan fingerprint density at radius 1 is 1.23 bits per heavy atom. The summed E-state index contributed by atoms with van der Waals surface area (Å²) in [4.78, 5) is 16.6. The zero-order valence-corrected chi connectivity index (χ0v) is 13.7. The van der Waals surface area contributed by atoms with Gasteiger partial charge >= 0.3 is 0 Å². The number of carbonyl (C=O) groups is 1. The predicted octanol–water partition coefficient (Wildman–Crippen LogP) is 2.73. The summed E-state index contributed by atoms with van der Waals surface area (Å²) in [5.74, 6) is -0.0614. The Morgan fingerprint density at radius 2 is 2.05 bits per heavy atom. The van der Waals surface area contributed by atoms with Crippen LogP contribution in [0.4, 0.5) is 0 Å². The van der Waals surface area contributed by atoms with Crippen molar-refractivity contribution >= 4 is 41.6 Å². The third-order valence-electron chi connectivity index (χ3n) is 3.51. The van der Waals surface area contributed by atoms with E-state index in [-0.39, 0.29) is 30.7 Å². The first-order valence-corrected chi connectivity index (χ1v) is 6.85. The minimum absolute atomic E-state index is 0. The average Bonchev–Trinajstić information content (AvgIpc) is 2.53. The summed E-state index contributed by atoms with van der Waals surface area (Å²) in [6.07, 6.45) is 4.85. The molecule has 0 bridgehead atoms. The SMILES string of the molecule is Cl.Cl.O=C(NCC1=CCNCC1)c1cccc2cccnc12. The normalized spacial score (nSPS) is 13.5. The van der Waals surface area contributed by atoms with Crippen LogP contribution in [0.2, 0.25) is 0 Å². The van der Waals surface area contributed by atoms with E-state index >= 15 is 0 Å². The van der Waals surface area contributed by atoms with Gasteiger partial charge in [-0.3, -0.25) is 9.78 Å². The third kappa shape index (κ3) is 4.19. The lowest BCUT2D eigenvalue weighted by Gasteiger charge is -2.14. The Balaban J connectivity index is 0.00000121. The van der Waals surface area contributed by atoms with Crippen molar-refractivity contribution in [2.24, 2.45) is 0 Å². The van der Waals surface area contributed by atoms with Gasteiger partial charge in [0.1, 0.15) is 0 Å². The molecule has 1 aromatic heterocycles. The molecule has 4 nitrogen and oxygen atoms in total. The van der Waals surface area contributed by atoms with Crippen LogP contribution in [0.15, 0.2) is 48.2 Å². The number of para-hydroxylation sites is 1. The number of benzene rings is 1. The highest BCUT2D eigenvalue weighted by Crippen LogP contribution is 2.15. The van der Waals surface area contributed by atoms with Crippen molar-refractivity contribution in [2.75, 3.05) is 19.6 Å². The van der Waals surface area contributed by atoms with Gasteiger partial charge < -0.3 is 10.6 Å². The molecule has 0 atom stereocenters. The Kier molecular flexibility index (Phi) is 7.32. The molecule has 0 spiro atoms. The van der Waals surface area contributed by atoms with Gasteiger partial charge in [0.2, 0.25) is 0 Å². The highest BCUT2D eigenvalue weighted by Gasteiger charge is 2.11. The number of fused-ring (bicyclic) bond motifs is 1. The number of hydrogen-bond donors (Lipinski definition) is 2. The molecule has 118 valence electrons. The monoisotopic (exact) mass is 339 g/mol. The van der Waals surface area contributed by atoms with Crippen LogP contribution in [0, 0.1) is 0 Å². The summed E-state index contributed by atoms with van der Waals surface area (Å²) >= 11 is 0. The van der Waals surface area contributed by atoms with Crippen molar-refractivity contribution in [3.8, 4) is 0 Å². The third-order valence-corrected chi connectivity index (χ3v) is 3.51. The van der Waals surface area contributed by atoms with Crippen molar-refractivity contribution < 1.29 is 4.79 Å². The molecule has 3 rings (SSSR count). The van der Waals surface area contributed by atoms with E-state index in [0.717, 1.165) is 30.4 Å². The maximum Gasteiger partial charge on any atom is 0.253 e. The lowest BCUT2D eigenvalue weighted by molar-refractivity contribution is 0.0958. The molecule has 1 aliphatic rings. The molecule has 1 aromatic carbocycles. The highest BCUT2D eigenvalue weighted by molar-refractivity contribution is 6.05. The van der Waals surface area contributed by atoms with Crippen molar-refractivity contribution in [2.45, 2.75) is 6.42 Å². The zero-order chi connectivity index (χ0) is 13.8. The molecule has 1 amide bonds. The summed E-state index contributed by atoms with van der Waals surface area (Å²) in [6.45, 7) is 2.49. The Hall–Kier alpha value is -1.62. The molecular formula is C16H19Cl2N3O. The Labute approximate surface area is 142 Å². The molecule has 0 saturated carbocycles. The van der Waals surface area contributed by atoms with E-state index in [4.69, 9.17) is 0 Å². The van der Waals surface area contributed by atoms with Gasteiger partial charge in [-0.05, 0) is 25.1 Å². The first kappa shape index (κ1) is 18.4. The quantitative estimate of drug-likeness (QED) is 0.845. The number of pyridine rings is 1. The maximum atomic E-state index is 12.3. The molecule has 0 unspecified atom stereocenters. The van der Waals surface area contributed by atoms with E-state index in [2.05, 4.69) is 21.7 Å². The van der Waals surface area contributed by atoms with Crippen LogP contribution < -0.4 is 10.6 Å². The molecule has 2 aromatic rings. The molecule has 1 aliphatic heterocycles. The fourth-order valence-corrected chi connectivity index (χ4v) is 2.41. The second kappa shape index (κ2) is 8.73. The number of amides is 1. The van der Waals surface area contributed by atoms with Crippen molar-refractivity contribution in [1.82, 2.24) is 15.6 Å². The Morgan fingerprint density at radius 3 is 2.82 bits per heavy atom. The smallest absolute Gasteiger partial charge is 0.253 e. The van der Waals surface area contributed by atoms with Crippen LogP contribution in [0.1, 0.15) is 16.8 Å². The molecule has 6 heteroatoms. The van der Waals surface area contributed by atoms with Gasteiger partial charge in [-0.1, -0.05) is 29.8 Å². The van der Waals surface area contributed by atoms with E-state index < -0.39 is 0 Å². The fraction of sp³-hybridized carbons (Fsp3) is 0.250. The van der Waals surface area contributed by atoms with E-state index in [1.807, 2.05) is 30.3 Å². The number of nitrogens with zero attached hydrogens (tertiary/aromatic N) is 1. The van der Waals surface area contributed by atoms with E-state index in [1.165, 1.54) is 5.57 Å². The second-order valence-corrected chi connectivity index (χ2v) is 4.88. The van der Waals surface area contributed by atoms with Gasteiger partial charge in [-0.15, -0.1) is 24.8 Å². The molecular weight excluding hydrogens is 321 g/mol. The van der Waals surface area contributed by atoms with Gasteiger partial charge in [0.25, 0.3) is 5.91 Å². The van der Waals surface area contributed by atoms with Crippen molar-refractivity contribution in [3.63, 3.8) is 0 Å². The lowest BCUT2D eigenvalue weighted by atomic mass is 10.1. The molecule has 0 saturated heterocycles. The van der Waals surface area contributed by atoms with Crippen LogP contribution in [-0.2, 0) is 0 Å². The highest BCUT2D eigenvalue weighted by atomic mass is 35.5. The van der Waals surface area contributed by atoms with Crippen LogP contribution in [0.5, 0.6) is 0 Å². The summed E-state index contributed by atoms with van der Waals surface area (Å²) < 4.78 is 0. The molecule has 0 fully saturated rings.